The second-order valence-electron chi connectivity index (χ2n) is 10.9. The van der Waals surface area contributed by atoms with Gasteiger partial charge in [-0.2, -0.15) is 5.26 Å². The van der Waals surface area contributed by atoms with E-state index in [9.17, 15) is 9.59 Å². The molecule has 0 unspecified atom stereocenters. The number of benzene rings is 4. The zero-order chi connectivity index (χ0) is 35.4. The maximum absolute atomic E-state index is 14.4. The Morgan fingerprint density at radius 3 is 2.42 bits per heavy atom. The van der Waals surface area contributed by atoms with Crippen LogP contribution in [0.2, 0.25) is 0 Å². The number of hydrogen-bond donors (Lipinski definition) is 0. The van der Waals surface area contributed by atoms with E-state index in [-0.39, 0.29) is 24.3 Å². The molecule has 1 atom stereocenters. The number of nitriles is 1. The fourth-order valence-corrected chi connectivity index (χ4v) is 7.55. The Balaban J connectivity index is 1.51. The number of rotatable bonds is 10. The molecule has 0 spiro atoms. The van der Waals surface area contributed by atoms with Gasteiger partial charge < -0.3 is 18.9 Å². The van der Waals surface area contributed by atoms with Crippen LogP contribution >= 0.6 is 43.2 Å². The first-order valence-corrected chi connectivity index (χ1v) is 17.8. The topological polar surface area (TPSA) is 112 Å². The Morgan fingerprint density at radius 1 is 1.00 bits per heavy atom. The number of carbonyl (C=O) groups excluding carboxylic acids is 1. The van der Waals surface area contributed by atoms with Gasteiger partial charge in [-0.15, -0.1) is 0 Å². The first-order chi connectivity index (χ1) is 24.3. The highest BCUT2D eigenvalue weighted by atomic mass is 79.9. The van der Waals surface area contributed by atoms with E-state index in [0.29, 0.717) is 59.0 Å². The molecule has 5 aromatic rings. The largest absolute Gasteiger partial charge is 0.496 e. The Bertz CT molecular complexity index is 2350. The lowest BCUT2D eigenvalue weighted by Crippen LogP contribution is -2.40. The molecule has 0 aliphatic carbocycles. The van der Waals surface area contributed by atoms with Crippen molar-refractivity contribution in [1.82, 2.24) is 4.57 Å². The molecule has 252 valence electrons. The summed E-state index contributed by atoms with van der Waals surface area (Å²) in [5.41, 5.74) is 3.72. The molecule has 0 bridgehead atoms. The van der Waals surface area contributed by atoms with Gasteiger partial charge in [-0.25, -0.2) is 9.79 Å². The minimum absolute atomic E-state index is 0.140. The molecule has 4 aromatic carbocycles. The quantitative estimate of drug-likeness (QED) is 0.141. The van der Waals surface area contributed by atoms with E-state index in [1.165, 1.54) is 15.9 Å². The van der Waals surface area contributed by atoms with Crippen molar-refractivity contribution in [3.05, 3.63) is 147 Å². The maximum atomic E-state index is 14.4. The standard InChI is InChI=1S/C38H29Br2N3O6S/c1-4-48-37(45)32-33(25-8-6-5-7-9-25)42-38-43(34(32)27-19-26(39)14-15-29(27)46-2)36(44)31(50-38)18-24-16-28(40)35(30(17-24)47-3)49-21-23-12-10-22(20-41)11-13-23/h5-19,34H,4,21H2,1-3H3/b31-18-/t34-/m0/s1. The third-order valence-corrected chi connectivity index (χ3v) is 9.94. The second-order valence-corrected chi connectivity index (χ2v) is 13.7. The number of halogens is 2. The van der Waals surface area contributed by atoms with Crippen molar-refractivity contribution in [2.24, 2.45) is 4.99 Å². The van der Waals surface area contributed by atoms with Gasteiger partial charge in [0.15, 0.2) is 16.3 Å². The van der Waals surface area contributed by atoms with E-state index < -0.39 is 12.0 Å². The third kappa shape index (κ3) is 7.03. The lowest BCUT2D eigenvalue weighted by Gasteiger charge is -2.27. The number of methoxy groups -OCH3 is 2. The van der Waals surface area contributed by atoms with Gasteiger partial charge >= 0.3 is 5.97 Å². The van der Waals surface area contributed by atoms with Gasteiger partial charge in [0.1, 0.15) is 18.4 Å². The van der Waals surface area contributed by atoms with Crippen molar-refractivity contribution in [2.45, 2.75) is 19.6 Å². The Morgan fingerprint density at radius 2 is 1.74 bits per heavy atom. The summed E-state index contributed by atoms with van der Waals surface area (Å²) in [7, 11) is 3.09. The summed E-state index contributed by atoms with van der Waals surface area (Å²) in [5.74, 6) is 0.861. The van der Waals surface area contributed by atoms with Gasteiger partial charge in [-0.3, -0.25) is 9.36 Å². The zero-order valence-corrected chi connectivity index (χ0v) is 31.1. The van der Waals surface area contributed by atoms with Gasteiger partial charge in [0.25, 0.3) is 5.56 Å². The SMILES string of the molecule is CCOC(=O)C1=C(c2ccccc2)N=c2s/c(=C\c3cc(Br)c(OCc4ccc(C#N)cc4)c(OC)c3)c(=O)n2[C@H]1c1cc(Br)ccc1OC. The normalized spacial score (nSPS) is 14.0. The highest BCUT2D eigenvalue weighted by Gasteiger charge is 2.37. The molecule has 0 amide bonds. The number of hydrogen-bond acceptors (Lipinski definition) is 9. The first kappa shape index (κ1) is 34.9. The molecular formula is C38H29Br2N3O6S. The Labute approximate surface area is 308 Å². The van der Waals surface area contributed by atoms with E-state index in [2.05, 4.69) is 37.9 Å². The fraction of sp³-hybridized carbons (Fsp3) is 0.158. The summed E-state index contributed by atoms with van der Waals surface area (Å²) in [4.78, 5) is 33.6. The molecule has 0 N–H and O–H groups in total. The number of esters is 1. The van der Waals surface area contributed by atoms with Gasteiger partial charge in [-0.05, 0) is 82.5 Å². The first-order valence-electron chi connectivity index (χ1n) is 15.4. The maximum Gasteiger partial charge on any atom is 0.338 e. The van der Waals surface area contributed by atoms with Crippen LogP contribution < -0.4 is 29.1 Å². The molecule has 0 radical (unpaired) electrons. The van der Waals surface area contributed by atoms with Gasteiger partial charge in [-0.1, -0.05) is 69.7 Å². The van der Waals surface area contributed by atoms with Crippen molar-refractivity contribution >= 4 is 60.9 Å². The molecule has 0 saturated heterocycles. The van der Waals surface area contributed by atoms with Crippen molar-refractivity contribution in [3.63, 3.8) is 0 Å². The van der Waals surface area contributed by atoms with Crippen LogP contribution in [-0.2, 0) is 16.1 Å². The fourth-order valence-electron chi connectivity index (χ4n) is 5.60. The number of nitrogens with zero attached hydrogens (tertiary/aromatic N) is 3. The average Bonchev–Trinajstić information content (AvgIpc) is 3.44. The van der Waals surface area contributed by atoms with Crippen LogP contribution in [0.5, 0.6) is 17.2 Å². The lowest BCUT2D eigenvalue weighted by atomic mass is 9.92. The second kappa shape index (κ2) is 15.3. The Hall–Kier alpha value is -4.96. The molecule has 1 aromatic heterocycles. The summed E-state index contributed by atoms with van der Waals surface area (Å²) in [5, 5.41) is 9.09. The summed E-state index contributed by atoms with van der Waals surface area (Å²) in [6.07, 6.45) is 1.76. The summed E-state index contributed by atoms with van der Waals surface area (Å²) < 4.78 is 26.4. The van der Waals surface area contributed by atoms with Crippen LogP contribution in [0.3, 0.4) is 0 Å². The minimum Gasteiger partial charge on any atom is -0.496 e. The van der Waals surface area contributed by atoms with Crippen molar-refractivity contribution in [3.8, 4) is 23.3 Å². The van der Waals surface area contributed by atoms with E-state index in [4.69, 9.17) is 29.2 Å². The zero-order valence-electron chi connectivity index (χ0n) is 27.1. The number of thiazole rings is 1. The Kier molecular flexibility index (Phi) is 10.7. The smallest absolute Gasteiger partial charge is 0.338 e. The molecule has 0 fully saturated rings. The number of aromatic nitrogens is 1. The highest BCUT2D eigenvalue weighted by Crippen LogP contribution is 2.40. The van der Waals surface area contributed by atoms with Crippen LogP contribution in [0.25, 0.3) is 11.8 Å². The van der Waals surface area contributed by atoms with E-state index >= 15 is 0 Å². The molecule has 50 heavy (non-hydrogen) atoms. The van der Waals surface area contributed by atoms with E-state index in [1.807, 2.05) is 60.7 Å². The van der Waals surface area contributed by atoms with Crippen LogP contribution in [0.15, 0.2) is 109 Å². The van der Waals surface area contributed by atoms with Crippen molar-refractivity contribution in [1.29, 1.82) is 5.26 Å². The monoisotopic (exact) mass is 813 g/mol. The predicted molar refractivity (Wildman–Crippen MR) is 198 cm³/mol. The number of carbonyl (C=O) groups is 1. The summed E-state index contributed by atoms with van der Waals surface area (Å²) in [6, 6.07) is 26.8. The molecule has 1 aliphatic heterocycles. The van der Waals surface area contributed by atoms with Crippen LogP contribution in [0, 0.1) is 11.3 Å². The number of ether oxygens (including phenoxy) is 4. The molecule has 0 saturated carbocycles. The third-order valence-electron chi connectivity index (χ3n) is 7.88. The van der Waals surface area contributed by atoms with Gasteiger partial charge in [0.05, 0.1) is 52.7 Å². The summed E-state index contributed by atoms with van der Waals surface area (Å²) in [6.45, 7) is 2.13. The molecular weight excluding hydrogens is 786 g/mol. The predicted octanol–water partition coefficient (Wildman–Crippen LogP) is 6.93. The molecule has 1 aliphatic rings. The van der Waals surface area contributed by atoms with E-state index in [0.717, 1.165) is 10.0 Å². The molecule has 9 nitrogen and oxygen atoms in total. The van der Waals surface area contributed by atoms with Crippen LogP contribution in [-0.4, -0.2) is 31.4 Å². The molecule has 2 heterocycles. The molecule has 6 rings (SSSR count). The van der Waals surface area contributed by atoms with Gasteiger partial charge in [0.2, 0.25) is 0 Å². The lowest BCUT2D eigenvalue weighted by molar-refractivity contribution is -0.138. The van der Waals surface area contributed by atoms with Crippen LogP contribution in [0.1, 0.15) is 40.8 Å². The number of fused-ring (bicyclic) bond motifs is 1. The molecule has 12 heteroatoms. The van der Waals surface area contributed by atoms with Crippen molar-refractivity contribution < 1.29 is 23.7 Å². The average molecular weight is 816 g/mol. The van der Waals surface area contributed by atoms with Gasteiger partial charge in [0, 0.05) is 15.6 Å². The minimum atomic E-state index is -0.908. The van der Waals surface area contributed by atoms with Crippen molar-refractivity contribution in [2.75, 3.05) is 20.8 Å². The highest BCUT2D eigenvalue weighted by molar-refractivity contribution is 9.10. The van der Waals surface area contributed by atoms with Crippen LogP contribution in [0.4, 0.5) is 0 Å². The van der Waals surface area contributed by atoms with E-state index in [1.54, 1.807) is 51.5 Å². The summed E-state index contributed by atoms with van der Waals surface area (Å²) >= 11 is 8.39.